The summed E-state index contributed by atoms with van der Waals surface area (Å²) in [6.45, 7) is 1.04. The van der Waals surface area contributed by atoms with Crippen LogP contribution in [0.3, 0.4) is 0 Å². The summed E-state index contributed by atoms with van der Waals surface area (Å²) in [7, 11) is 0. The van der Waals surface area contributed by atoms with Crippen molar-refractivity contribution in [3.8, 4) is 0 Å². The van der Waals surface area contributed by atoms with E-state index in [0.29, 0.717) is 13.2 Å². The van der Waals surface area contributed by atoms with Gasteiger partial charge in [0.2, 0.25) is 0 Å². The second-order valence-electron chi connectivity index (χ2n) is 13.6. The first-order valence-electron chi connectivity index (χ1n) is 17.9. The number of rotatable bonds is 4. The summed E-state index contributed by atoms with van der Waals surface area (Å²) in [5, 5.41) is 2.23. The van der Waals surface area contributed by atoms with Crippen LogP contribution >= 0.6 is 0 Å². The maximum absolute atomic E-state index is 13.6. The number of aromatic nitrogens is 2. The van der Waals surface area contributed by atoms with Crippen LogP contribution in [-0.2, 0) is 33.8 Å². The van der Waals surface area contributed by atoms with Gasteiger partial charge in [0.15, 0.2) is 11.4 Å². The van der Waals surface area contributed by atoms with Crippen LogP contribution in [0.4, 0.5) is 17.6 Å². The van der Waals surface area contributed by atoms with Gasteiger partial charge < -0.3 is 18.6 Å². The molecular weight excluding hydrogens is 689 g/mol. The molecule has 0 saturated heterocycles. The van der Waals surface area contributed by atoms with Gasteiger partial charge in [-0.15, -0.1) is 0 Å². The normalized spacial score (nSPS) is 15.6. The maximum atomic E-state index is 13.6. The topological polar surface area (TPSA) is 28.3 Å². The minimum absolute atomic E-state index is 0.304. The zero-order valence-electron chi connectivity index (χ0n) is 29.1. The molecular formula is C46H34F4N2O2. The highest BCUT2D eigenvalue weighted by atomic mass is 19.1. The molecule has 0 unspecified atom stereocenters. The Labute approximate surface area is 309 Å². The predicted octanol–water partition coefficient (Wildman–Crippen LogP) is 10.5. The molecule has 4 nitrogen and oxygen atoms in total. The number of hydrogen-bond donors (Lipinski definition) is 0. The summed E-state index contributed by atoms with van der Waals surface area (Å²) in [5.41, 5.74) is 5.59. The molecule has 0 spiro atoms. The van der Waals surface area contributed by atoms with E-state index in [4.69, 9.17) is 9.47 Å². The Morgan fingerprint density at radius 3 is 1.00 bits per heavy atom. The van der Waals surface area contributed by atoms with E-state index in [-0.39, 0.29) is 23.3 Å². The summed E-state index contributed by atoms with van der Waals surface area (Å²) in [6.07, 6.45) is 1.55. The van der Waals surface area contributed by atoms with Crippen molar-refractivity contribution in [3.05, 3.63) is 215 Å². The van der Waals surface area contributed by atoms with E-state index in [9.17, 15) is 17.6 Å². The van der Waals surface area contributed by atoms with Crippen molar-refractivity contribution in [3.63, 3.8) is 0 Å². The van der Waals surface area contributed by atoms with E-state index in [0.717, 1.165) is 68.3 Å². The van der Waals surface area contributed by atoms with Crippen molar-refractivity contribution in [2.75, 3.05) is 13.2 Å². The lowest BCUT2D eigenvalue weighted by molar-refractivity contribution is -0.0557. The fraction of sp³-hybridized carbons (Fsp3) is 0.130. The number of halogens is 4. The van der Waals surface area contributed by atoms with Gasteiger partial charge in [-0.2, -0.15) is 0 Å². The summed E-state index contributed by atoms with van der Waals surface area (Å²) < 4.78 is 71.7. The number of hydrogen-bond acceptors (Lipinski definition) is 2. The van der Waals surface area contributed by atoms with Gasteiger partial charge in [0, 0.05) is 46.5 Å². The number of para-hydroxylation sites is 2. The van der Waals surface area contributed by atoms with Crippen LogP contribution in [0.2, 0.25) is 0 Å². The molecule has 0 aliphatic carbocycles. The lowest BCUT2D eigenvalue weighted by Gasteiger charge is -2.41. The second kappa shape index (κ2) is 13.5. The van der Waals surface area contributed by atoms with Crippen molar-refractivity contribution in [1.29, 1.82) is 0 Å². The third kappa shape index (κ3) is 5.52. The molecule has 0 saturated carbocycles. The molecule has 6 aromatic carbocycles. The number of fused-ring (bicyclic) bond motifs is 6. The molecule has 54 heavy (non-hydrogen) atoms. The van der Waals surface area contributed by atoms with Crippen LogP contribution in [0.5, 0.6) is 0 Å². The van der Waals surface area contributed by atoms with Crippen molar-refractivity contribution < 1.29 is 27.0 Å². The molecule has 0 atom stereocenters. The smallest absolute Gasteiger partial charge is 0.197 e. The first kappa shape index (κ1) is 33.8. The molecule has 10 rings (SSSR count). The van der Waals surface area contributed by atoms with Crippen LogP contribution < -0.4 is 0 Å². The summed E-state index contributed by atoms with van der Waals surface area (Å²) in [4.78, 5) is 0. The second-order valence-corrected chi connectivity index (χ2v) is 13.6. The fourth-order valence-corrected chi connectivity index (χ4v) is 8.16. The van der Waals surface area contributed by atoms with Gasteiger partial charge in [0.05, 0.1) is 24.2 Å². The predicted molar refractivity (Wildman–Crippen MR) is 201 cm³/mol. The van der Waals surface area contributed by atoms with Crippen LogP contribution in [0.25, 0.3) is 21.8 Å². The SMILES string of the molecule is Fc1ccc(C2(c3ccc(F)cc3)OCCc3cc4ccccc4n32)cc1.Fc1ccc(C2(c3ccc(F)cc3)OCCc3cc4ccccc4n32)cc1. The fourth-order valence-electron chi connectivity index (χ4n) is 8.16. The van der Waals surface area contributed by atoms with E-state index < -0.39 is 11.4 Å². The Balaban J connectivity index is 0.000000142. The van der Waals surface area contributed by atoms with Crippen molar-refractivity contribution in [1.82, 2.24) is 9.13 Å². The van der Waals surface area contributed by atoms with Gasteiger partial charge in [0.1, 0.15) is 23.3 Å². The van der Waals surface area contributed by atoms with Gasteiger partial charge in [0.25, 0.3) is 0 Å². The molecule has 2 aromatic heterocycles. The highest BCUT2D eigenvalue weighted by Gasteiger charge is 2.43. The zero-order chi connectivity index (χ0) is 36.9. The van der Waals surface area contributed by atoms with Gasteiger partial charge in [-0.1, -0.05) is 84.9 Å². The monoisotopic (exact) mass is 722 g/mol. The van der Waals surface area contributed by atoms with E-state index in [2.05, 4.69) is 45.5 Å². The molecule has 0 fully saturated rings. The van der Waals surface area contributed by atoms with Gasteiger partial charge in [-0.05, 0) is 83.6 Å². The number of nitrogens with zero attached hydrogens (tertiary/aromatic N) is 2. The van der Waals surface area contributed by atoms with Crippen LogP contribution in [0, 0.1) is 23.3 Å². The van der Waals surface area contributed by atoms with Crippen LogP contribution in [-0.4, -0.2) is 22.3 Å². The van der Waals surface area contributed by atoms with Crippen LogP contribution in [0.15, 0.2) is 158 Å². The highest BCUT2D eigenvalue weighted by molar-refractivity contribution is 5.83. The van der Waals surface area contributed by atoms with Crippen molar-refractivity contribution in [2.45, 2.75) is 24.3 Å². The molecule has 0 N–H and O–H groups in total. The quantitative estimate of drug-likeness (QED) is 0.169. The minimum Gasteiger partial charge on any atom is -0.346 e. The van der Waals surface area contributed by atoms with E-state index in [1.807, 2.05) is 24.3 Å². The Morgan fingerprint density at radius 1 is 0.389 bits per heavy atom. The molecule has 0 amide bonds. The number of ether oxygens (including phenoxy) is 2. The van der Waals surface area contributed by atoms with Gasteiger partial charge in [-0.3, -0.25) is 0 Å². The maximum Gasteiger partial charge on any atom is 0.197 e. The Bertz CT molecular complexity index is 2320. The summed E-state index contributed by atoms with van der Waals surface area (Å²) in [6, 6.07) is 46.0. The first-order valence-corrected chi connectivity index (χ1v) is 17.9. The first-order chi connectivity index (χ1) is 26.4. The lowest BCUT2D eigenvalue weighted by Crippen LogP contribution is -2.44. The van der Waals surface area contributed by atoms with Gasteiger partial charge >= 0.3 is 0 Å². The average Bonchev–Trinajstić information content (AvgIpc) is 3.79. The largest absolute Gasteiger partial charge is 0.346 e. The number of benzene rings is 6. The van der Waals surface area contributed by atoms with Crippen LogP contribution in [0.1, 0.15) is 33.6 Å². The zero-order valence-corrected chi connectivity index (χ0v) is 29.1. The van der Waals surface area contributed by atoms with Crippen molar-refractivity contribution in [2.24, 2.45) is 0 Å². The third-order valence-electron chi connectivity index (χ3n) is 10.5. The average molecular weight is 723 g/mol. The molecule has 0 radical (unpaired) electrons. The molecule has 2 aliphatic rings. The molecule has 268 valence electrons. The van der Waals surface area contributed by atoms with E-state index >= 15 is 0 Å². The lowest BCUT2D eigenvalue weighted by atomic mass is 9.92. The molecule has 2 aliphatic heterocycles. The Hall–Kier alpha value is -5.96. The Morgan fingerprint density at radius 2 is 0.685 bits per heavy atom. The van der Waals surface area contributed by atoms with Gasteiger partial charge in [-0.25, -0.2) is 17.6 Å². The molecule has 4 heterocycles. The van der Waals surface area contributed by atoms with E-state index in [1.54, 1.807) is 48.5 Å². The third-order valence-corrected chi connectivity index (χ3v) is 10.5. The van der Waals surface area contributed by atoms with Crippen molar-refractivity contribution >= 4 is 21.8 Å². The standard InChI is InChI=1S/2C23H17F2NO/c2*24-19-9-5-17(6-10-19)23(18-7-11-20(25)12-8-18)26-21(13-14-27-23)15-16-3-1-2-4-22(16)26/h2*1-12,15H,13-14H2. The molecule has 0 bridgehead atoms. The summed E-state index contributed by atoms with van der Waals surface area (Å²) in [5.74, 6) is -1.22. The summed E-state index contributed by atoms with van der Waals surface area (Å²) >= 11 is 0. The molecule has 8 aromatic rings. The molecule has 8 heteroatoms. The highest BCUT2D eigenvalue weighted by Crippen LogP contribution is 2.44. The minimum atomic E-state index is -0.974. The Kier molecular flexibility index (Phi) is 8.44. The van der Waals surface area contributed by atoms with E-state index in [1.165, 1.54) is 48.5 Å².